The maximum atomic E-state index is 11.0. The summed E-state index contributed by atoms with van der Waals surface area (Å²) in [4.78, 5) is 19.6. The normalized spacial score (nSPS) is 10.8. The first-order valence-corrected chi connectivity index (χ1v) is 7.77. The van der Waals surface area contributed by atoms with Gasteiger partial charge in [0.1, 0.15) is 5.39 Å². The third-order valence-corrected chi connectivity index (χ3v) is 3.90. The summed E-state index contributed by atoms with van der Waals surface area (Å²) in [6, 6.07) is 15.7. The van der Waals surface area contributed by atoms with Gasteiger partial charge in [0.25, 0.3) is 5.69 Å². The molecule has 4 aromatic rings. The highest BCUT2D eigenvalue weighted by atomic mass is 16.6. The van der Waals surface area contributed by atoms with Gasteiger partial charge < -0.3 is 4.74 Å². The number of nitro benzene ring substituents is 1. The number of methoxy groups -OCH3 is 1. The molecule has 0 unspecified atom stereocenters. The van der Waals surface area contributed by atoms with Crippen molar-refractivity contribution in [2.75, 3.05) is 7.11 Å². The largest absolute Gasteiger partial charge is 0.480 e. The molecule has 2 aromatic heterocycles. The molecule has 2 aromatic carbocycles. The van der Waals surface area contributed by atoms with Crippen LogP contribution in [0, 0.1) is 10.1 Å². The smallest absolute Gasteiger partial charge is 0.270 e. The first-order valence-electron chi connectivity index (χ1n) is 7.77. The van der Waals surface area contributed by atoms with Crippen molar-refractivity contribution in [2.24, 2.45) is 0 Å². The van der Waals surface area contributed by atoms with Crippen molar-refractivity contribution in [3.05, 3.63) is 70.9 Å². The number of ether oxygens (including phenoxy) is 1. The molecule has 8 heteroatoms. The third kappa shape index (κ3) is 2.63. The fourth-order valence-corrected chi connectivity index (χ4v) is 2.68. The topological polar surface area (TPSA) is 96.0 Å². The van der Waals surface area contributed by atoms with Crippen molar-refractivity contribution in [1.29, 1.82) is 0 Å². The molecule has 0 atom stereocenters. The van der Waals surface area contributed by atoms with E-state index in [0.29, 0.717) is 28.3 Å². The van der Waals surface area contributed by atoms with E-state index < -0.39 is 4.92 Å². The monoisotopic (exact) mass is 347 g/mol. The van der Waals surface area contributed by atoms with E-state index >= 15 is 0 Å². The number of non-ortho nitro benzene ring substituents is 1. The van der Waals surface area contributed by atoms with Crippen molar-refractivity contribution >= 4 is 16.7 Å². The number of para-hydroxylation sites is 1. The number of hydrogen-bond acceptors (Lipinski definition) is 6. The lowest BCUT2D eigenvalue weighted by molar-refractivity contribution is -0.384. The van der Waals surface area contributed by atoms with Gasteiger partial charge in [-0.05, 0) is 12.1 Å². The van der Waals surface area contributed by atoms with E-state index in [9.17, 15) is 10.1 Å². The van der Waals surface area contributed by atoms with Gasteiger partial charge in [0.2, 0.25) is 5.88 Å². The zero-order valence-electron chi connectivity index (χ0n) is 13.7. The summed E-state index contributed by atoms with van der Waals surface area (Å²) in [5, 5.41) is 16.1. The summed E-state index contributed by atoms with van der Waals surface area (Å²) in [5.41, 5.74) is 1.90. The van der Waals surface area contributed by atoms with E-state index in [0.717, 1.165) is 5.69 Å². The van der Waals surface area contributed by atoms with Crippen molar-refractivity contribution in [2.45, 2.75) is 0 Å². The van der Waals surface area contributed by atoms with Crippen LogP contribution in [-0.4, -0.2) is 31.8 Å². The van der Waals surface area contributed by atoms with Crippen molar-refractivity contribution in [3.63, 3.8) is 0 Å². The summed E-state index contributed by atoms with van der Waals surface area (Å²) >= 11 is 0. The molecule has 0 N–H and O–H groups in total. The minimum atomic E-state index is -0.451. The zero-order chi connectivity index (χ0) is 18.1. The molecule has 0 aliphatic heterocycles. The molecular weight excluding hydrogens is 334 g/mol. The zero-order valence-corrected chi connectivity index (χ0v) is 13.7. The predicted octanol–water partition coefficient (Wildman–Crippen LogP) is 3.40. The summed E-state index contributed by atoms with van der Waals surface area (Å²) < 4.78 is 7.06. The van der Waals surface area contributed by atoms with E-state index in [4.69, 9.17) is 4.74 Å². The average molecular weight is 347 g/mol. The Labute approximate surface area is 147 Å². The Morgan fingerprint density at radius 2 is 1.88 bits per heavy atom. The second-order valence-corrected chi connectivity index (χ2v) is 5.49. The van der Waals surface area contributed by atoms with Crippen LogP contribution in [0.25, 0.3) is 28.1 Å². The Bertz CT molecular complexity index is 1110. The Balaban J connectivity index is 1.94. The van der Waals surface area contributed by atoms with Crippen molar-refractivity contribution < 1.29 is 9.66 Å². The maximum Gasteiger partial charge on any atom is 0.270 e. The maximum absolute atomic E-state index is 11.0. The second-order valence-electron chi connectivity index (χ2n) is 5.49. The lowest BCUT2D eigenvalue weighted by Gasteiger charge is -2.07. The van der Waals surface area contributed by atoms with Crippen LogP contribution < -0.4 is 4.74 Å². The standard InChI is InChI=1S/C18H13N5O3/c1-26-18-15-11-19-22(13-7-3-2-4-8-13)17(15)20-16(21-18)12-6-5-9-14(10-12)23(24)25/h2-11H,1H3. The molecule has 0 aliphatic rings. The van der Waals surface area contributed by atoms with Crippen LogP contribution >= 0.6 is 0 Å². The van der Waals surface area contributed by atoms with Gasteiger partial charge >= 0.3 is 0 Å². The molecule has 4 rings (SSSR count). The lowest BCUT2D eigenvalue weighted by atomic mass is 10.2. The number of hydrogen-bond donors (Lipinski definition) is 0. The fraction of sp³-hybridized carbons (Fsp3) is 0.0556. The van der Waals surface area contributed by atoms with E-state index in [1.54, 1.807) is 23.0 Å². The molecule has 2 heterocycles. The van der Waals surface area contributed by atoms with Gasteiger partial charge in [-0.3, -0.25) is 10.1 Å². The van der Waals surface area contributed by atoms with E-state index in [2.05, 4.69) is 15.1 Å². The van der Waals surface area contributed by atoms with Crippen LogP contribution in [0.2, 0.25) is 0 Å². The number of nitro groups is 1. The Kier molecular flexibility index (Phi) is 3.77. The summed E-state index contributed by atoms with van der Waals surface area (Å²) in [6.07, 6.45) is 1.64. The van der Waals surface area contributed by atoms with Crippen LogP contribution in [0.1, 0.15) is 0 Å². The van der Waals surface area contributed by atoms with E-state index in [-0.39, 0.29) is 5.69 Å². The minimum absolute atomic E-state index is 0.0262. The number of nitrogens with zero attached hydrogens (tertiary/aromatic N) is 5. The minimum Gasteiger partial charge on any atom is -0.480 e. The molecule has 0 fully saturated rings. The highest BCUT2D eigenvalue weighted by Gasteiger charge is 2.17. The molecule has 0 aliphatic carbocycles. The average Bonchev–Trinajstić information content (AvgIpc) is 3.12. The first kappa shape index (κ1) is 15.7. The Morgan fingerprint density at radius 3 is 2.62 bits per heavy atom. The van der Waals surface area contributed by atoms with Crippen LogP contribution in [0.4, 0.5) is 5.69 Å². The molecule has 0 saturated carbocycles. The summed E-state index contributed by atoms with van der Waals surface area (Å²) in [6.45, 7) is 0. The Morgan fingerprint density at radius 1 is 1.08 bits per heavy atom. The SMILES string of the molecule is COc1nc(-c2cccc([N+](=O)[O-])c2)nc2c1cnn2-c1ccccc1. The molecule has 0 bridgehead atoms. The van der Waals surface area contributed by atoms with Gasteiger partial charge in [0, 0.05) is 17.7 Å². The fourth-order valence-electron chi connectivity index (χ4n) is 2.68. The van der Waals surface area contributed by atoms with Gasteiger partial charge in [0.05, 0.1) is 23.9 Å². The molecule has 0 saturated heterocycles. The predicted molar refractivity (Wildman–Crippen MR) is 95.3 cm³/mol. The number of aromatic nitrogens is 4. The van der Waals surface area contributed by atoms with Gasteiger partial charge in [-0.25, -0.2) is 9.67 Å². The molecule has 0 spiro atoms. The molecule has 8 nitrogen and oxygen atoms in total. The van der Waals surface area contributed by atoms with Gasteiger partial charge in [-0.2, -0.15) is 10.1 Å². The van der Waals surface area contributed by atoms with Crippen LogP contribution in [0.5, 0.6) is 5.88 Å². The second kappa shape index (κ2) is 6.25. The highest BCUT2D eigenvalue weighted by Crippen LogP contribution is 2.29. The summed E-state index contributed by atoms with van der Waals surface area (Å²) in [7, 11) is 1.51. The molecule has 128 valence electrons. The van der Waals surface area contributed by atoms with Crippen LogP contribution in [0.3, 0.4) is 0 Å². The first-order chi connectivity index (χ1) is 12.7. The Hall–Kier alpha value is -3.81. The number of rotatable bonds is 4. The lowest BCUT2D eigenvalue weighted by Crippen LogP contribution is -2.01. The summed E-state index contributed by atoms with van der Waals surface area (Å²) in [5.74, 6) is 0.689. The molecule has 26 heavy (non-hydrogen) atoms. The van der Waals surface area contributed by atoms with E-state index in [1.165, 1.54) is 19.2 Å². The number of fused-ring (bicyclic) bond motifs is 1. The molecular formula is C18H13N5O3. The van der Waals surface area contributed by atoms with Gasteiger partial charge in [0.15, 0.2) is 11.5 Å². The van der Waals surface area contributed by atoms with Crippen molar-refractivity contribution in [3.8, 4) is 23.0 Å². The van der Waals surface area contributed by atoms with Crippen LogP contribution in [-0.2, 0) is 0 Å². The van der Waals surface area contributed by atoms with E-state index in [1.807, 2.05) is 30.3 Å². The van der Waals surface area contributed by atoms with Crippen molar-refractivity contribution in [1.82, 2.24) is 19.7 Å². The molecule has 0 amide bonds. The molecule has 0 radical (unpaired) electrons. The highest BCUT2D eigenvalue weighted by molar-refractivity contribution is 5.83. The van der Waals surface area contributed by atoms with Gasteiger partial charge in [-0.15, -0.1) is 0 Å². The number of benzene rings is 2. The quantitative estimate of drug-likeness (QED) is 0.415. The van der Waals surface area contributed by atoms with Gasteiger partial charge in [-0.1, -0.05) is 30.3 Å². The van der Waals surface area contributed by atoms with Crippen LogP contribution in [0.15, 0.2) is 60.8 Å². The third-order valence-electron chi connectivity index (χ3n) is 3.90.